The summed E-state index contributed by atoms with van der Waals surface area (Å²) in [6, 6.07) is 7.66. The number of nitrogens with zero attached hydrogens (tertiary/aromatic N) is 2. The van der Waals surface area contributed by atoms with Gasteiger partial charge in [0.2, 0.25) is 11.8 Å². The zero-order chi connectivity index (χ0) is 18.8. The van der Waals surface area contributed by atoms with Crippen LogP contribution in [0.2, 0.25) is 0 Å². The van der Waals surface area contributed by atoms with Gasteiger partial charge in [-0.1, -0.05) is 19.1 Å². The quantitative estimate of drug-likeness (QED) is 0.600. The van der Waals surface area contributed by atoms with E-state index in [1.807, 2.05) is 42.7 Å². The Balaban J connectivity index is 2.02. The maximum atomic E-state index is 12.3. The first-order valence-electron chi connectivity index (χ1n) is 9.21. The number of amides is 2. The molecule has 0 aliphatic heterocycles. The van der Waals surface area contributed by atoms with Gasteiger partial charge in [-0.05, 0) is 31.9 Å². The van der Waals surface area contributed by atoms with Crippen molar-refractivity contribution < 1.29 is 14.3 Å². The van der Waals surface area contributed by atoms with E-state index < -0.39 is 0 Å². The molecule has 2 N–H and O–H groups in total. The first kappa shape index (κ1) is 19.9. The van der Waals surface area contributed by atoms with Gasteiger partial charge in [-0.2, -0.15) is 0 Å². The largest absolute Gasteiger partial charge is 0.382 e. The average Bonchev–Trinajstić information content (AvgIpc) is 2.98. The van der Waals surface area contributed by atoms with Crippen LogP contribution in [0, 0.1) is 0 Å². The number of hydrogen-bond donors (Lipinski definition) is 2. The third-order valence-electron chi connectivity index (χ3n) is 3.95. The fourth-order valence-corrected chi connectivity index (χ4v) is 2.68. The van der Waals surface area contributed by atoms with Crippen LogP contribution >= 0.6 is 0 Å². The second-order valence-electron chi connectivity index (χ2n) is 6.03. The second-order valence-corrected chi connectivity index (χ2v) is 6.03. The highest BCUT2D eigenvalue weighted by atomic mass is 16.5. The van der Waals surface area contributed by atoms with Gasteiger partial charge < -0.3 is 19.9 Å². The number of aromatic nitrogens is 2. The Bertz CT molecular complexity index is 727. The second kappa shape index (κ2) is 10.6. The monoisotopic (exact) mass is 360 g/mol. The zero-order valence-corrected chi connectivity index (χ0v) is 15.6. The predicted octanol–water partition coefficient (Wildman–Crippen LogP) is 2.00. The van der Waals surface area contributed by atoms with Crippen LogP contribution in [0.5, 0.6) is 0 Å². The van der Waals surface area contributed by atoms with Crippen molar-refractivity contribution >= 4 is 22.8 Å². The van der Waals surface area contributed by atoms with Crippen LogP contribution < -0.4 is 10.6 Å². The summed E-state index contributed by atoms with van der Waals surface area (Å²) in [5, 5.41) is 5.77. The topological polar surface area (TPSA) is 85.2 Å². The Hall–Kier alpha value is -2.41. The van der Waals surface area contributed by atoms with E-state index in [1.165, 1.54) is 0 Å². The molecule has 2 aromatic rings. The average molecular weight is 360 g/mol. The van der Waals surface area contributed by atoms with Gasteiger partial charge in [-0.15, -0.1) is 0 Å². The molecule has 0 radical (unpaired) electrons. The molecule has 7 heteroatoms. The van der Waals surface area contributed by atoms with Crippen molar-refractivity contribution in [3.05, 3.63) is 30.1 Å². The van der Waals surface area contributed by atoms with E-state index >= 15 is 0 Å². The number of carbonyl (C=O) groups excluding carboxylic acids is 2. The molecule has 0 bridgehead atoms. The third-order valence-corrected chi connectivity index (χ3v) is 3.95. The number of fused-ring (bicyclic) bond motifs is 1. The molecule has 0 aliphatic rings. The van der Waals surface area contributed by atoms with E-state index in [0.717, 1.165) is 23.9 Å². The number of carbonyl (C=O) groups is 2. The summed E-state index contributed by atoms with van der Waals surface area (Å²) in [5.74, 6) is 0.595. The minimum atomic E-state index is -0.0780. The Morgan fingerprint density at radius 2 is 1.96 bits per heavy atom. The molecule has 142 valence electrons. The highest BCUT2D eigenvalue weighted by molar-refractivity contribution is 5.81. The highest BCUT2D eigenvalue weighted by Gasteiger charge is 2.14. The smallest absolute Gasteiger partial charge is 0.240 e. The molecule has 0 unspecified atom stereocenters. The number of hydrogen-bond acceptors (Lipinski definition) is 4. The highest BCUT2D eigenvalue weighted by Crippen LogP contribution is 2.16. The molecule has 1 aromatic carbocycles. The minimum absolute atomic E-state index is 0.00789. The molecule has 0 saturated carbocycles. The predicted molar refractivity (Wildman–Crippen MR) is 101 cm³/mol. The van der Waals surface area contributed by atoms with Crippen molar-refractivity contribution in [2.45, 2.75) is 46.2 Å². The van der Waals surface area contributed by atoms with Gasteiger partial charge in [0, 0.05) is 26.2 Å². The van der Waals surface area contributed by atoms with Crippen molar-refractivity contribution in [2.75, 3.05) is 19.8 Å². The van der Waals surface area contributed by atoms with E-state index in [1.54, 1.807) is 0 Å². The van der Waals surface area contributed by atoms with Crippen molar-refractivity contribution in [3.63, 3.8) is 0 Å². The Morgan fingerprint density at radius 3 is 2.73 bits per heavy atom. The first-order valence-corrected chi connectivity index (χ1v) is 9.21. The van der Waals surface area contributed by atoms with Gasteiger partial charge >= 0.3 is 0 Å². The molecule has 26 heavy (non-hydrogen) atoms. The summed E-state index contributed by atoms with van der Waals surface area (Å²) >= 11 is 0. The summed E-state index contributed by atoms with van der Waals surface area (Å²) in [5.41, 5.74) is 1.70. The number of rotatable bonds is 11. The maximum absolute atomic E-state index is 12.3. The molecular formula is C19H28N4O3. The fraction of sp³-hybridized carbons (Fsp3) is 0.526. The van der Waals surface area contributed by atoms with Crippen LogP contribution in [0.25, 0.3) is 11.0 Å². The Morgan fingerprint density at radius 1 is 1.15 bits per heavy atom. The number of imidazole rings is 1. The molecular weight excluding hydrogens is 332 g/mol. The van der Waals surface area contributed by atoms with Gasteiger partial charge in [-0.25, -0.2) is 4.98 Å². The molecule has 0 spiro atoms. The molecule has 7 nitrogen and oxygen atoms in total. The van der Waals surface area contributed by atoms with Gasteiger partial charge in [0.1, 0.15) is 12.4 Å². The summed E-state index contributed by atoms with van der Waals surface area (Å²) in [6.45, 7) is 6.29. The van der Waals surface area contributed by atoms with E-state index in [0.29, 0.717) is 38.5 Å². The van der Waals surface area contributed by atoms with Crippen molar-refractivity contribution in [2.24, 2.45) is 0 Å². The van der Waals surface area contributed by atoms with Crippen LogP contribution in [0.1, 0.15) is 38.9 Å². The lowest BCUT2D eigenvalue weighted by molar-refractivity contribution is -0.122. The van der Waals surface area contributed by atoms with Gasteiger partial charge in [-0.3, -0.25) is 9.59 Å². The number of nitrogens with one attached hydrogen (secondary N) is 2. The Kier molecular flexibility index (Phi) is 8.08. The molecule has 2 rings (SSSR count). The molecule has 0 fully saturated rings. The molecule has 0 aliphatic carbocycles. The SMILES string of the molecule is CCCC(=O)NCc1nc2ccccc2n1CC(=O)NCCCOCC. The standard InChI is InChI=1S/C19H28N4O3/c1-3-8-18(24)21-13-17-22-15-9-5-6-10-16(15)23(17)14-19(25)20-11-7-12-26-4-2/h5-6,9-10H,3-4,7-8,11-14H2,1-2H3,(H,20,25)(H,21,24). The van der Waals surface area contributed by atoms with Gasteiger partial charge in [0.05, 0.1) is 17.6 Å². The molecule has 2 amide bonds. The van der Waals surface area contributed by atoms with Crippen LogP contribution in [-0.4, -0.2) is 41.1 Å². The van der Waals surface area contributed by atoms with Gasteiger partial charge in [0.15, 0.2) is 0 Å². The molecule has 0 saturated heterocycles. The molecule has 1 heterocycles. The lowest BCUT2D eigenvalue weighted by Gasteiger charge is -2.11. The van der Waals surface area contributed by atoms with Crippen LogP contribution in [0.15, 0.2) is 24.3 Å². The van der Waals surface area contributed by atoms with E-state index in [4.69, 9.17) is 4.74 Å². The third kappa shape index (κ3) is 5.84. The normalized spacial score (nSPS) is 10.8. The van der Waals surface area contributed by atoms with Crippen molar-refractivity contribution in [1.29, 1.82) is 0 Å². The number of para-hydroxylation sites is 2. The van der Waals surface area contributed by atoms with Gasteiger partial charge in [0.25, 0.3) is 0 Å². The van der Waals surface area contributed by atoms with Crippen molar-refractivity contribution in [3.8, 4) is 0 Å². The molecule has 1 aromatic heterocycles. The van der Waals surface area contributed by atoms with Crippen LogP contribution in [0.3, 0.4) is 0 Å². The van der Waals surface area contributed by atoms with Crippen molar-refractivity contribution in [1.82, 2.24) is 20.2 Å². The lowest BCUT2D eigenvalue weighted by Crippen LogP contribution is -2.31. The number of benzene rings is 1. The summed E-state index contributed by atoms with van der Waals surface area (Å²) in [4.78, 5) is 28.6. The summed E-state index contributed by atoms with van der Waals surface area (Å²) in [6.07, 6.45) is 2.07. The lowest BCUT2D eigenvalue weighted by atomic mass is 10.3. The summed E-state index contributed by atoms with van der Waals surface area (Å²) in [7, 11) is 0. The fourth-order valence-electron chi connectivity index (χ4n) is 2.68. The minimum Gasteiger partial charge on any atom is -0.382 e. The maximum Gasteiger partial charge on any atom is 0.240 e. The van der Waals surface area contributed by atoms with E-state index in [9.17, 15) is 9.59 Å². The Labute approximate surface area is 154 Å². The van der Waals surface area contributed by atoms with E-state index in [2.05, 4.69) is 15.6 Å². The van der Waals surface area contributed by atoms with Crippen LogP contribution in [0.4, 0.5) is 0 Å². The zero-order valence-electron chi connectivity index (χ0n) is 15.6. The first-order chi connectivity index (χ1) is 12.7. The van der Waals surface area contributed by atoms with E-state index in [-0.39, 0.29) is 18.4 Å². The summed E-state index contributed by atoms with van der Waals surface area (Å²) < 4.78 is 7.13. The molecule has 0 atom stereocenters. The number of ether oxygens (including phenoxy) is 1. The van der Waals surface area contributed by atoms with Crippen LogP contribution in [-0.2, 0) is 27.4 Å².